The summed E-state index contributed by atoms with van der Waals surface area (Å²) in [7, 11) is 0. The van der Waals surface area contributed by atoms with Gasteiger partial charge in [0.25, 0.3) is 0 Å². The van der Waals surface area contributed by atoms with E-state index in [0.717, 1.165) is 24.9 Å². The van der Waals surface area contributed by atoms with Gasteiger partial charge in [-0.15, -0.1) is 0 Å². The Morgan fingerprint density at radius 2 is 1.95 bits per heavy atom. The molecule has 112 valence electrons. The lowest BCUT2D eigenvalue weighted by molar-refractivity contribution is 0.235. The Balaban J connectivity index is 1.78. The molecule has 20 heavy (non-hydrogen) atoms. The first-order chi connectivity index (χ1) is 9.90. The summed E-state index contributed by atoms with van der Waals surface area (Å²) < 4.78 is 2.55. The minimum absolute atomic E-state index is 0.683. The fraction of sp³-hybridized carbons (Fsp3) is 0.824. The molecule has 0 amide bonds. The molecule has 3 heteroatoms. The molecule has 3 nitrogen and oxygen atoms in total. The average Bonchev–Trinajstić information content (AvgIpc) is 2.99. The molecule has 3 rings (SSSR count). The molecule has 0 radical (unpaired) electrons. The summed E-state index contributed by atoms with van der Waals surface area (Å²) in [4.78, 5) is 4.50. The van der Waals surface area contributed by atoms with Crippen LogP contribution in [0.2, 0.25) is 0 Å². The third-order valence-electron chi connectivity index (χ3n) is 5.42. The molecular formula is C17H29N3. The summed E-state index contributed by atoms with van der Waals surface area (Å²) in [6, 6.07) is 0.683. The van der Waals surface area contributed by atoms with Crippen molar-refractivity contribution in [3.8, 4) is 0 Å². The number of aromatic nitrogens is 2. The van der Waals surface area contributed by atoms with Crippen LogP contribution in [0.5, 0.6) is 0 Å². The van der Waals surface area contributed by atoms with Crippen molar-refractivity contribution in [1.29, 1.82) is 0 Å². The van der Waals surface area contributed by atoms with Gasteiger partial charge in [-0.05, 0) is 51.1 Å². The van der Waals surface area contributed by atoms with Crippen LogP contribution in [-0.4, -0.2) is 22.6 Å². The van der Waals surface area contributed by atoms with Crippen molar-refractivity contribution >= 4 is 0 Å². The van der Waals surface area contributed by atoms with Gasteiger partial charge in [0.2, 0.25) is 0 Å². The Kier molecular flexibility index (Phi) is 4.77. The molecule has 2 fully saturated rings. The summed E-state index contributed by atoms with van der Waals surface area (Å²) >= 11 is 0. The van der Waals surface area contributed by atoms with Crippen LogP contribution in [0.1, 0.15) is 75.9 Å². The molecule has 1 saturated carbocycles. The van der Waals surface area contributed by atoms with Gasteiger partial charge in [0.1, 0.15) is 0 Å². The second-order valence-corrected chi connectivity index (χ2v) is 6.62. The molecule has 1 aromatic rings. The number of nitrogens with zero attached hydrogens (tertiary/aromatic N) is 2. The lowest BCUT2D eigenvalue weighted by atomic mass is 9.82. The molecule has 2 heterocycles. The van der Waals surface area contributed by atoms with Gasteiger partial charge in [-0.3, -0.25) is 0 Å². The van der Waals surface area contributed by atoms with E-state index in [1.54, 1.807) is 0 Å². The largest absolute Gasteiger partial charge is 0.331 e. The minimum atomic E-state index is 0.683. The Hall–Kier alpha value is -0.830. The Morgan fingerprint density at radius 1 is 1.20 bits per heavy atom. The van der Waals surface area contributed by atoms with Gasteiger partial charge in [0.15, 0.2) is 0 Å². The Labute approximate surface area is 123 Å². The third kappa shape index (κ3) is 2.93. The molecule has 1 saturated heterocycles. The molecule has 0 bridgehead atoms. The highest BCUT2D eigenvalue weighted by Crippen LogP contribution is 2.37. The zero-order valence-corrected chi connectivity index (χ0v) is 12.9. The van der Waals surface area contributed by atoms with E-state index in [-0.39, 0.29) is 0 Å². The summed E-state index contributed by atoms with van der Waals surface area (Å²) in [5.74, 6) is 1.60. The number of hydrogen-bond donors (Lipinski definition) is 1. The molecule has 0 aromatic carbocycles. The molecule has 1 unspecified atom stereocenters. The molecule has 1 aromatic heterocycles. The van der Waals surface area contributed by atoms with E-state index >= 15 is 0 Å². The maximum Gasteiger partial charge on any atom is 0.0950 e. The second kappa shape index (κ2) is 6.75. The van der Waals surface area contributed by atoms with Crippen molar-refractivity contribution in [3.05, 3.63) is 18.2 Å². The Bertz CT molecular complexity index is 400. The lowest BCUT2D eigenvalue weighted by Gasteiger charge is -2.33. The maximum atomic E-state index is 4.50. The van der Waals surface area contributed by atoms with Crippen molar-refractivity contribution < 1.29 is 0 Å². The fourth-order valence-electron chi connectivity index (χ4n) is 4.30. The van der Waals surface area contributed by atoms with E-state index in [4.69, 9.17) is 0 Å². The summed E-state index contributed by atoms with van der Waals surface area (Å²) in [5.41, 5.74) is 1.50. The normalized spacial score (nSPS) is 23.9. The minimum Gasteiger partial charge on any atom is -0.331 e. The van der Waals surface area contributed by atoms with E-state index < -0.39 is 0 Å². The monoisotopic (exact) mass is 275 g/mol. The van der Waals surface area contributed by atoms with Crippen molar-refractivity contribution in [1.82, 2.24) is 14.9 Å². The van der Waals surface area contributed by atoms with Crippen molar-refractivity contribution in [3.63, 3.8) is 0 Å². The molecular weight excluding hydrogens is 246 g/mol. The predicted molar refractivity (Wildman–Crippen MR) is 83.0 cm³/mol. The van der Waals surface area contributed by atoms with Crippen LogP contribution in [0.4, 0.5) is 0 Å². The molecule has 2 aliphatic rings. The maximum absolute atomic E-state index is 4.50. The first-order valence-electron chi connectivity index (χ1n) is 8.62. The van der Waals surface area contributed by atoms with Crippen LogP contribution >= 0.6 is 0 Å². The van der Waals surface area contributed by atoms with Crippen LogP contribution in [0.25, 0.3) is 0 Å². The van der Waals surface area contributed by atoms with Crippen molar-refractivity contribution in [2.45, 2.75) is 70.3 Å². The number of rotatable bonds is 4. The van der Waals surface area contributed by atoms with Crippen molar-refractivity contribution in [2.24, 2.45) is 5.92 Å². The highest BCUT2D eigenvalue weighted by Gasteiger charge is 2.27. The molecule has 1 N–H and O–H groups in total. The van der Waals surface area contributed by atoms with E-state index in [1.165, 1.54) is 57.1 Å². The summed E-state index contributed by atoms with van der Waals surface area (Å²) in [6.45, 7) is 4.68. The summed E-state index contributed by atoms with van der Waals surface area (Å²) in [6.07, 6.45) is 15.2. The highest BCUT2D eigenvalue weighted by atomic mass is 15.1. The van der Waals surface area contributed by atoms with Crippen molar-refractivity contribution in [2.75, 3.05) is 13.1 Å². The molecule has 1 aliphatic heterocycles. The third-order valence-corrected chi connectivity index (χ3v) is 5.42. The second-order valence-electron chi connectivity index (χ2n) is 6.62. The predicted octanol–water partition coefficient (Wildman–Crippen LogP) is 3.88. The van der Waals surface area contributed by atoms with Gasteiger partial charge in [-0.25, -0.2) is 4.98 Å². The van der Waals surface area contributed by atoms with E-state index in [9.17, 15) is 0 Å². The van der Waals surface area contributed by atoms with Crippen LogP contribution in [0, 0.1) is 5.92 Å². The first-order valence-corrected chi connectivity index (χ1v) is 8.62. The molecule has 1 atom stereocenters. The number of nitrogens with one attached hydrogen (secondary N) is 1. The van der Waals surface area contributed by atoms with Crippen LogP contribution in [-0.2, 0) is 0 Å². The smallest absolute Gasteiger partial charge is 0.0950 e. The lowest BCUT2D eigenvalue weighted by Crippen LogP contribution is -2.29. The number of piperidine rings is 1. The van der Waals surface area contributed by atoms with Gasteiger partial charge < -0.3 is 9.88 Å². The first kappa shape index (κ1) is 14.1. The van der Waals surface area contributed by atoms with Gasteiger partial charge in [0, 0.05) is 23.9 Å². The quantitative estimate of drug-likeness (QED) is 0.903. The number of imidazole rings is 1. The zero-order valence-electron chi connectivity index (χ0n) is 12.9. The zero-order chi connectivity index (χ0) is 13.8. The van der Waals surface area contributed by atoms with Gasteiger partial charge in [-0.1, -0.05) is 26.2 Å². The standard InChI is InChI=1S/C17H29N3/c1-2-16(14-6-4-3-5-7-14)20-13-19-12-17(20)15-8-10-18-11-9-15/h12-16,18H,2-11H2,1H3. The van der Waals surface area contributed by atoms with Crippen LogP contribution < -0.4 is 5.32 Å². The van der Waals surface area contributed by atoms with Gasteiger partial charge in [-0.2, -0.15) is 0 Å². The average molecular weight is 275 g/mol. The Morgan fingerprint density at radius 3 is 2.65 bits per heavy atom. The van der Waals surface area contributed by atoms with Gasteiger partial charge >= 0.3 is 0 Å². The van der Waals surface area contributed by atoms with E-state index in [1.807, 2.05) is 0 Å². The fourth-order valence-corrected chi connectivity index (χ4v) is 4.30. The number of hydrogen-bond acceptors (Lipinski definition) is 2. The highest BCUT2D eigenvalue weighted by molar-refractivity contribution is 5.09. The van der Waals surface area contributed by atoms with E-state index in [0.29, 0.717) is 6.04 Å². The van der Waals surface area contributed by atoms with Crippen LogP contribution in [0.3, 0.4) is 0 Å². The van der Waals surface area contributed by atoms with Crippen LogP contribution in [0.15, 0.2) is 12.5 Å². The topological polar surface area (TPSA) is 29.9 Å². The molecule has 0 spiro atoms. The summed E-state index contributed by atoms with van der Waals surface area (Å²) in [5, 5.41) is 3.47. The molecule has 1 aliphatic carbocycles. The van der Waals surface area contributed by atoms with E-state index in [2.05, 4.69) is 34.3 Å². The van der Waals surface area contributed by atoms with Gasteiger partial charge in [0.05, 0.1) is 6.33 Å². The SMILES string of the molecule is CCC(C1CCCCC1)n1cncc1C1CCNCC1.